The normalized spacial score (nSPS) is 13.5. The van der Waals surface area contributed by atoms with E-state index < -0.39 is 12.1 Å². The topological polar surface area (TPSA) is 78.9 Å². The molecule has 0 radical (unpaired) electrons. The minimum atomic E-state index is -0.850. The van der Waals surface area contributed by atoms with Crippen LogP contribution < -0.4 is 0 Å². The maximum atomic E-state index is 12.9. The molecule has 0 rings (SSSR count). The molecule has 0 aromatic rings. The molecule has 0 amide bonds. The number of unbranched alkanes of at least 4 members (excludes halogenated alkanes) is 11. The predicted octanol–water partition coefficient (Wildman–Crippen LogP) is 22.8. The zero-order valence-corrected chi connectivity index (χ0v) is 52.6. The largest absolute Gasteiger partial charge is 0.462 e. The van der Waals surface area contributed by atoms with Crippen LogP contribution >= 0.6 is 0 Å². The number of carbonyl (C=O) groups excluding carboxylic acids is 3. The predicted molar refractivity (Wildman–Crippen MR) is 361 cm³/mol. The number of hydrogen-bond acceptors (Lipinski definition) is 6. The Kier molecular flexibility index (Phi) is 63.5. The number of esters is 3. The lowest BCUT2D eigenvalue weighted by molar-refractivity contribution is -0.167. The summed E-state index contributed by atoms with van der Waals surface area (Å²) >= 11 is 0. The molecule has 0 bridgehead atoms. The summed E-state index contributed by atoms with van der Waals surface area (Å²) in [5, 5.41) is 0. The smallest absolute Gasteiger partial charge is 0.306 e. The number of carbonyl (C=O) groups is 3. The average molecular weight is 1140 g/mol. The van der Waals surface area contributed by atoms with Crippen LogP contribution in [-0.4, -0.2) is 37.2 Å². The highest BCUT2D eigenvalue weighted by molar-refractivity contribution is 5.71. The minimum absolute atomic E-state index is 0.134. The van der Waals surface area contributed by atoms with Gasteiger partial charge in [0.05, 0.1) is 0 Å². The standard InChI is InChI=1S/C77H116O6/c1-4-7-10-13-16-19-22-25-28-31-33-35-37-38-40-41-43-46-49-52-55-58-61-64-67-70-76(79)82-73-74(72-81-75(78)69-66-63-60-57-54-51-48-45-30-27-24-21-18-15-12-9-6-3)83-77(80)71-68-65-62-59-56-53-50-47-44-42-39-36-34-32-29-26-23-20-17-14-11-8-5-2/h7-12,16-21,25-30,33-36,38,40,42,44,48,50-51,53,57,59-60,62,74H,4-6,13-15,22-24,31-32,37,39,41,43,45-47,49,52,54-56,58,61,63-73H2,1-3H3/b10-7-,11-8-,12-9-,19-16-,20-17-,21-18-,28-25-,29-26-,30-27-,35-33-,36-34-,40-38-,44-42-,51-48-,53-50-,60-57-,62-59-. The Morgan fingerprint density at radius 2 is 0.446 bits per heavy atom. The minimum Gasteiger partial charge on any atom is -0.462 e. The van der Waals surface area contributed by atoms with Crippen molar-refractivity contribution in [3.8, 4) is 0 Å². The number of rotatable bonds is 56. The van der Waals surface area contributed by atoms with Crippen LogP contribution in [0.3, 0.4) is 0 Å². The molecule has 0 N–H and O–H groups in total. The second-order valence-corrected chi connectivity index (χ2v) is 20.5. The molecule has 1 atom stereocenters. The third-order valence-corrected chi connectivity index (χ3v) is 12.8. The van der Waals surface area contributed by atoms with Crippen LogP contribution in [0.25, 0.3) is 0 Å². The van der Waals surface area contributed by atoms with Gasteiger partial charge in [-0.05, 0) is 154 Å². The molecule has 6 nitrogen and oxygen atoms in total. The summed E-state index contributed by atoms with van der Waals surface area (Å²) in [6.07, 6.45) is 106. The second kappa shape index (κ2) is 68.5. The fraction of sp³-hybridized carbons (Fsp3) is 0.519. The maximum absolute atomic E-state index is 12.9. The van der Waals surface area contributed by atoms with Gasteiger partial charge in [0.15, 0.2) is 6.10 Å². The molecule has 0 aromatic heterocycles. The third-order valence-electron chi connectivity index (χ3n) is 12.8. The van der Waals surface area contributed by atoms with E-state index in [9.17, 15) is 14.4 Å². The molecule has 0 saturated carbocycles. The maximum Gasteiger partial charge on any atom is 0.306 e. The van der Waals surface area contributed by atoms with Crippen molar-refractivity contribution in [1.29, 1.82) is 0 Å². The van der Waals surface area contributed by atoms with Crippen LogP contribution in [0, 0.1) is 0 Å². The molecular formula is C77H116O6. The van der Waals surface area contributed by atoms with Gasteiger partial charge in [-0.15, -0.1) is 0 Å². The van der Waals surface area contributed by atoms with Gasteiger partial charge in [-0.3, -0.25) is 14.4 Å². The van der Waals surface area contributed by atoms with Crippen LogP contribution in [0.5, 0.6) is 0 Å². The van der Waals surface area contributed by atoms with E-state index in [1.54, 1.807) is 0 Å². The van der Waals surface area contributed by atoms with Gasteiger partial charge in [0, 0.05) is 19.3 Å². The highest BCUT2D eigenvalue weighted by Crippen LogP contribution is 2.13. The molecule has 460 valence electrons. The highest BCUT2D eigenvalue weighted by Gasteiger charge is 2.19. The van der Waals surface area contributed by atoms with Gasteiger partial charge in [-0.25, -0.2) is 0 Å². The van der Waals surface area contributed by atoms with Crippen LogP contribution in [0.1, 0.15) is 239 Å². The molecule has 0 fully saturated rings. The Bertz CT molecular complexity index is 2030. The molecule has 0 aliphatic heterocycles. The fourth-order valence-corrected chi connectivity index (χ4v) is 8.02. The monoisotopic (exact) mass is 1140 g/mol. The highest BCUT2D eigenvalue weighted by atomic mass is 16.6. The quantitative estimate of drug-likeness (QED) is 0.0261. The summed E-state index contributed by atoms with van der Waals surface area (Å²) < 4.78 is 16.8. The molecule has 0 saturated heterocycles. The summed E-state index contributed by atoms with van der Waals surface area (Å²) in [4.78, 5) is 38.4. The van der Waals surface area contributed by atoms with E-state index in [4.69, 9.17) is 14.2 Å². The van der Waals surface area contributed by atoms with Crippen molar-refractivity contribution in [2.24, 2.45) is 0 Å². The van der Waals surface area contributed by atoms with Gasteiger partial charge in [0.1, 0.15) is 13.2 Å². The molecule has 0 aliphatic carbocycles. The van der Waals surface area contributed by atoms with E-state index in [2.05, 4.69) is 227 Å². The van der Waals surface area contributed by atoms with Gasteiger partial charge in [0.2, 0.25) is 0 Å². The first kappa shape index (κ1) is 77.0. The average Bonchev–Trinajstić information content (AvgIpc) is 3.49. The van der Waals surface area contributed by atoms with Crippen molar-refractivity contribution in [2.45, 2.75) is 245 Å². The first-order valence-corrected chi connectivity index (χ1v) is 32.6. The lowest BCUT2D eigenvalue weighted by Gasteiger charge is -2.18. The van der Waals surface area contributed by atoms with Gasteiger partial charge in [-0.1, -0.05) is 272 Å². The number of ether oxygens (including phenoxy) is 3. The van der Waals surface area contributed by atoms with Crippen molar-refractivity contribution in [3.05, 3.63) is 207 Å². The van der Waals surface area contributed by atoms with Crippen LogP contribution in [0.15, 0.2) is 207 Å². The molecule has 0 aliphatic rings. The van der Waals surface area contributed by atoms with Crippen LogP contribution in [0.4, 0.5) is 0 Å². The van der Waals surface area contributed by atoms with Crippen molar-refractivity contribution in [1.82, 2.24) is 0 Å². The SMILES string of the molecule is CC/C=C\C/C=C\C/C=C\C/C=C\C/C=C\C/C=C\C/C=C\CCCC(=O)OC(COC(=O)CCC/C=C\C/C=C\C/C=C\C/C=C\C/C=C\CC)COC(=O)CCCCCCCCCCC/C=C\C/C=C\C/C=C\C/C=C\C/C=C\CC. The molecular weight excluding hydrogens is 1020 g/mol. The van der Waals surface area contributed by atoms with Crippen molar-refractivity contribution < 1.29 is 28.6 Å². The summed E-state index contributed by atoms with van der Waals surface area (Å²) in [6, 6.07) is 0. The van der Waals surface area contributed by atoms with Crippen LogP contribution in [0.2, 0.25) is 0 Å². The van der Waals surface area contributed by atoms with Gasteiger partial charge in [0.25, 0.3) is 0 Å². The number of hydrogen-bond donors (Lipinski definition) is 0. The summed E-state index contributed by atoms with van der Waals surface area (Å²) in [5.41, 5.74) is 0. The third kappa shape index (κ3) is 66.7. The summed E-state index contributed by atoms with van der Waals surface area (Å²) in [5.74, 6) is -1.07. The van der Waals surface area contributed by atoms with Gasteiger partial charge >= 0.3 is 17.9 Å². The summed E-state index contributed by atoms with van der Waals surface area (Å²) in [7, 11) is 0. The van der Waals surface area contributed by atoms with Crippen molar-refractivity contribution in [2.75, 3.05) is 13.2 Å². The Labute approximate surface area is 509 Å². The first-order chi connectivity index (χ1) is 41.0. The molecule has 0 spiro atoms. The van der Waals surface area contributed by atoms with Gasteiger partial charge in [-0.2, -0.15) is 0 Å². The van der Waals surface area contributed by atoms with Crippen LogP contribution in [-0.2, 0) is 28.6 Å². The van der Waals surface area contributed by atoms with Crippen molar-refractivity contribution in [3.63, 3.8) is 0 Å². The second-order valence-electron chi connectivity index (χ2n) is 20.5. The van der Waals surface area contributed by atoms with Crippen molar-refractivity contribution >= 4 is 17.9 Å². The first-order valence-electron chi connectivity index (χ1n) is 32.6. The van der Waals surface area contributed by atoms with E-state index >= 15 is 0 Å². The molecule has 83 heavy (non-hydrogen) atoms. The summed E-state index contributed by atoms with van der Waals surface area (Å²) in [6.45, 7) is 6.18. The molecule has 0 heterocycles. The van der Waals surface area contributed by atoms with E-state index in [0.717, 1.165) is 148 Å². The Morgan fingerprint density at radius 1 is 0.241 bits per heavy atom. The fourth-order valence-electron chi connectivity index (χ4n) is 8.02. The zero-order chi connectivity index (χ0) is 59.9. The Balaban J connectivity index is 4.59. The number of allylic oxidation sites excluding steroid dienone is 34. The Morgan fingerprint density at radius 3 is 0.723 bits per heavy atom. The zero-order valence-electron chi connectivity index (χ0n) is 52.6. The Hall–Kier alpha value is -6.01. The lowest BCUT2D eigenvalue weighted by atomic mass is 10.1. The van der Waals surface area contributed by atoms with E-state index in [0.29, 0.717) is 19.3 Å². The van der Waals surface area contributed by atoms with E-state index in [-0.39, 0.29) is 38.0 Å². The molecule has 6 heteroatoms. The molecule has 1 unspecified atom stereocenters. The molecule has 0 aromatic carbocycles. The van der Waals surface area contributed by atoms with E-state index in [1.807, 2.05) is 0 Å². The lowest BCUT2D eigenvalue weighted by Crippen LogP contribution is -2.30. The van der Waals surface area contributed by atoms with Gasteiger partial charge < -0.3 is 14.2 Å². The van der Waals surface area contributed by atoms with E-state index in [1.165, 1.54) is 38.5 Å².